The maximum Gasteiger partial charge on any atom is 0.262 e. The van der Waals surface area contributed by atoms with E-state index in [1.165, 1.54) is 4.57 Å². The Kier molecular flexibility index (Phi) is 3.89. The number of rotatable bonds is 3. The number of hydrogen-bond donors (Lipinski definition) is 4. The van der Waals surface area contributed by atoms with E-state index < -0.39 is 0 Å². The van der Waals surface area contributed by atoms with Crippen molar-refractivity contribution in [2.75, 3.05) is 11.1 Å². The minimum absolute atomic E-state index is 0.0854. The topological polar surface area (TPSA) is 118 Å². The summed E-state index contributed by atoms with van der Waals surface area (Å²) >= 11 is 0. The average molecular weight is 400 g/mol. The molecule has 0 radical (unpaired) electrons. The van der Waals surface area contributed by atoms with Gasteiger partial charge in [-0.15, -0.1) is 0 Å². The average Bonchev–Trinajstić information content (AvgIpc) is 3.27. The summed E-state index contributed by atoms with van der Waals surface area (Å²) in [5.74, 6) is 0.295. The standard InChI is InChI=1S/C22H20N6O2/c1-11-18-16(20(29)24-11)10-17(26-18)14-7-4-8-15-19(14)27-22(28(2)21(15)30)25-13-6-3-5-12(23)9-13/h3-11,26H,23H2,1-2H3,(H,24,29)(H,25,27). The molecular weight excluding hydrogens is 380 g/mol. The summed E-state index contributed by atoms with van der Waals surface area (Å²) in [6.07, 6.45) is 0. The van der Waals surface area contributed by atoms with Crippen molar-refractivity contribution in [1.29, 1.82) is 0 Å². The molecule has 0 saturated carbocycles. The molecule has 1 unspecified atom stereocenters. The Morgan fingerprint density at radius 2 is 1.90 bits per heavy atom. The van der Waals surface area contributed by atoms with Crippen LogP contribution in [-0.2, 0) is 7.05 Å². The molecule has 1 aliphatic rings. The van der Waals surface area contributed by atoms with Gasteiger partial charge in [0.2, 0.25) is 5.95 Å². The fraction of sp³-hybridized carbons (Fsp3) is 0.136. The van der Waals surface area contributed by atoms with E-state index in [0.29, 0.717) is 28.1 Å². The minimum atomic E-state index is -0.168. The van der Waals surface area contributed by atoms with E-state index in [0.717, 1.165) is 22.6 Å². The Bertz CT molecular complexity index is 1380. The van der Waals surface area contributed by atoms with Crippen LogP contribution in [0.5, 0.6) is 0 Å². The Morgan fingerprint density at radius 1 is 1.10 bits per heavy atom. The first-order valence-electron chi connectivity index (χ1n) is 9.59. The van der Waals surface area contributed by atoms with E-state index in [1.54, 1.807) is 25.2 Å². The molecule has 0 spiro atoms. The Morgan fingerprint density at radius 3 is 2.67 bits per heavy atom. The van der Waals surface area contributed by atoms with Gasteiger partial charge in [0.25, 0.3) is 11.5 Å². The molecule has 5 rings (SSSR count). The predicted octanol–water partition coefficient (Wildman–Crippen LogP) is 3.06. The second kappa shape index (κ2) is 6.48. The summed E-state index contributed by atoms with van der Waals surface area (Å²) in [6.45, 7) is 1.93. The van der Waals surface area contributed by atoms with E-state index in [9.17, 15) is 9.59 Å². The Balaban J connectivity index is 1.68. The van der Waals surface area contributed by atoms with Crippen LogP contribution in [0.1, 0.15) is 29.0 Å². The van der Waals surface area contributed by atoms with Crippen molar-refractivity contribution in [3.63, 3.8) is 0 Å². The number of para-hydroxylation sites is 1. The van der Waals surface area contributed by atoms with Crippen molar-refractivity contribution in [3.05, 3.63) is 70.1 Å². The number of nitrogen functional groups attached to an aromatic ring is 1. The second-order valence-electron chi connectivity index (χ2n) is 7.46. The first-order valence-corrected chi connectivity index (χ1v) is 9.59. The molecule has 1 atom stereocenters. The molecule has 4 aromatic rings. The summed E-state index contributed by atoms with van der Waals surface area (Å²) < 4.78 is 1.47. The van der Waals surface area contributed by atoms with Gasteiger partial charge in [-0.25, -0.2) is 4.98 Å². The number of carbonyl (C=O) groups excluding carboxylic acids is 1. The van der Waals surface area contributed by atoms with E-state index >= 15 is 0 Å². The summed E-state index contributed by atoms with van der Waals surface area (Å²) in [5, 5.41) is 6.55. The third-order valence-corrected chi connectivity index (χ3v) is 5.41. The monoisotopic (exact) mass is 400 g/mol. The van der Waals surface area contributed by atoms with Gasteiger partial charge < -0.3 is 21.4 Å². The fourth-order valence-electron chi connectivity index (χ4n) is 3.86. The third-order valence-electron chi connectivity index (χ3n) is 5.41. The van der Waals surface area contributed by atoms with Crippen LogP contribution in [-0.4, -0.2) is 20.4 Å². The van der Waals surface area contributed by atoms with Crippen molar-refractivity contribution >= 4 is 34.1 Å². The number of H-pyrrole nitrogens is 1. The maximum atomic E-state index is 13.0. The molecule has 0 bridgehead atoms. The number of amides is 1. The molecule has 3 heterocycles. The highest BCUT2D eigenvalue weighted by atomic mass is 16.2. The molecule has 150 valence electrons. The summed E-state index contributed by atoms with van der Waals surface area (Å²) in [5.41, 5.74) is 10.6. The molecule has 2 aromatic carbocycles. The molecule has 0 saturated heterocycles. The zero-order valence-corrected chi connectivity index (χ0v) is 16.5. The highest BCUT2D eigenvalue weighted by Crippen LogP contribution is 2.32. The molecule has 5 N–H and O–H groups in total. The number of aromatic amines is 1. The van der Waals surface area contributed by atoms with Gasteiger partial charge in [0.15, 0.2) is 0 Å². The molecule has 1 amide bonds. The summed E-state index contributed by atoms with van der Waals surface area (Å²) in [6, 6.07) is 14.4. The van der Waals surface area contributed by atoms with Crippen LogP contribution in [0.4, 0.5) is 17.3 Å². The predicted molar refractivity (Wildman–Crippen MR) is 117 cm³/mol. The lowest BCUT2D eigenvalue weighted by Crippen LogP contribution is -2.21. The molecule has 1 aliphatic heterocycles. The second-order valence-corrected chi connectivity index (χ2v) is 7.46. The Labute approximate surface area is 171 Å². The van der Waals surface area contributed by atoms with Crippen LogP contribution in [0.3, 0.4) is 0 Å². The molecular formula is C22H20N6O2. The quantitative estimate of drug-likeness (QED) is 0.394. The van der Waals surface area contributed by atoms with Crippen molar-refractivity contribution in [2.24, 2.45) is 7.05 Å². The molecule has 8 heteroatoms. The number of aromatic nitrogens is 3. The van der Waals surface area contributed by atoms with E-state index in [1.807, 2.05) is 37.3 Å². The van der Waals surface area contributed by atoms with Gasteiger partial charge in [0.1, 0.15) is 0 Å². The Hall–Kier alpha value is -4.07. The number of benzene rings is 2. The first-order chi connectivity index (χ1) is 14.4. The van der Waals surface area contributed by atoms with Gasteiger partial charge in [0, 0.05) is 29.7 Å². The number of carbonyl (C=O) groups is 1. The van der Waals surface area contributed by atoms with Gasteiger partial charge in [-0.1, -0.05) is 18.2 Å². The van der Waals surface area contributed by atoms with Crippen molar-refractivity contribution in [1.82, 2.24) is 19.9 Å². The summed E-state index contributed by atoms with van der Waals surface area (Å²) in [4.78, 5) is 33.2. The van der Waals surface area contributed by atoms with Crippen molar-refractivity contribution in [2.45, 2.75) is 13.0 Å². The van der Waals surface area contributed by atoms with Gasteiger partial charge in [-0.3, -0.25) is 14.2 Å². The molecule has 0 fully saturated rings. The number of nitrogens with two attached hydrogens (primary N) is 1. The third kappa shape index (κ3) is 2.73. The number of anilines is 3. The highest BCUT2D eigenvalue weighted by molar-refractivity contribution is 6.01. The maximum absolute atomic E-state index is 13.0. The van der Waals surface area contributed by atoms with Gasteiger partial charge in [0.05, 0.1) is 28.2 Å². The number of hydrogen-bond acceptors (Lipinski definition) is 5. The number of nitrogens with zero attached hydrogens (tertiary/aromatic N) is 2. The van der Waals surface area contributed by atoms with Crippen LogP contribution < -0.4 is 21.9 Å². The van der Waals surface area contributed by atoms with E-state index in [2.05, 4.69) is 15.6 Å². The van der Waals surface area contributed by atoms with Gasteiger partial charge >= 0.3 is 0 Å². The van der Waals surface area contributed by atoms with E-state index in [4.69, 9.17) is 10.7 Å². The lowest BCUT2D eigenvalue weighted by atomic mass is 10.1. The lowest BCUT2D eigenvalue weighted by Gasteiger charge is -2.13. The van der Waals surface area contributed by atoms with Crippen molar-refractivity contribution < 1.29 is 4.79 Å². The number of nitrogens with one attached hydrogen (secondary N) is 3. The normalized spacial score (nSPS) is 15.3. The van der Waals surface area contributed by atoms with Crippen molar-refractivity contribution in [3.8, 4) is 11.3 Å². The largest absolute Gasteiger partial charge is 0.399 e. The fourth-order valence-corrected chi connectivity index (χ4v) is 3.86. The van der Waals surface area contributed by atoms with Crippen LogP contribution in [0.25, 0.3) is 22.2 Å². The molecule has 8 nitrogen and oxygen atoms in total. The zero-order valence-electron chi connectivity index (χ0n) is 16.5. The van der Waals surface area contributed by atoms with Gasteiger partial charge in [-0.2, -0.15) is 0 Å². The minimum Gasteiger partial charge on any atom is -0.399 e. The van der Waals surface area contributed by atoms with Crippen LogP contribution in [0.15, 0.2) is 53.3 Å². The summed E-state index contributed by atoms with van der Waals surface area (Å²) in [7, 11) is 1.67. The zero-order chi connectivity index (χ0) is 21.0. The first kappa shape index (κ1) is 18.0. The van der Waals surface area contributed by atoms with Crippen LogP contribution in [0, 0.1) is 0 Å². The SMILES string of the molecule is CC1NC(=O)c2cc(-c3cccc4c(=O)n(C)c(Nc5cccc(N)c5)nc34)[nH]c21. The molecule has 2 aromatic heterocycles. The van der Waals surface area contributed by atoms with E-state index in [-0.39, 0.29) is 17.5 Å². The van der Waals surface area contributed by atoms with Crippen LogP contribution >= 0.6 is 0 Å². The molecule has 30 heavy (non-hydrogen) atoms. The smallest absolute Gasteiger partial charge is 0.262 e. The van der Waals surface area contributed by atoms with Crippen LogP contribution in [0.2, 0.25) is 0 Å². The van der Waals surface area contributed by atoms with Gasteiger partial charge in [-0.05, 0) is 37.3 Å². The number of fused-ring (bicyclic) bond motifs is 2. The highest BCUT2D eigenvalue weighted by Gasteiger charge is 2.28. The molecule has 0 aliphatic carbocycles. The lowest BCUT2D eigenvalue weighted by molar-refractivity contribution is 0.0958.